The van der Waals surface area contributed by atoms with E-state index >= 15 is 0 Å². The fourth-order valence-corrected chi connectivity index (χ4v) is 2.58. The number of fused-ring (bicyclic) bond motifs is 1. The minimum atomic E-state index is -0.0608. The molecular formula is C18H19N3O2. The van der Waals surface area contributed by atoms with Gasteiger partial charge in [0.1, 0.15) is 17.1 Å². The van der Waals surface area contributed by atoms with Crippen LogP contribution >= 0.6 is 0 Å². The van der Waals surface area contributed by atoms with Gasteiger partial charge in [0.25, 0.3) is 0 Å². The lowest BCUT2D eigenvalue weighted by molar-refractivity contribution is 0.415. The number of nitrogens with one attached hydrogen (secondary N) is 1. The summed E-state index contributed by atoms with van der Waals surface area (Å²) in [6.07, 6.45) is 0. The Kier molecular flexibility index (Phi) is 3.93. The molecule has 0 saturated carbocycles. The minimum Gasteiger partial charge on any atom is -0.495 e. The average molecular weight is 309 g/mol. The largest absolute Gasteiger partial charge is 0.495 e. The minimum absolute atomic E-state index is 0.0608. The number of nitrogens with zero attached hydrogens (tertiary/aromatic N) is 1. The van der Waals surface area contributed by atoms with Gasteiger partial charge in [0, 0.05) is 5.39 Å². The van der Waals surface area contributed by atoms with Gasteiger partial charge in [-0.15, -0.1) is 0 Å². The Morgan fingerprint density at radius 2 is 2.00 bits per heavy atom. The molecule has 118 valence electrons. The normalized spacial score (nSPS) is 10.7. The molecule has 23 heavy (non-hydrogen) atoms. The summed E-state index contributed by atoms with van der Waals surface area (Å²) in [5, 5.41) is 8.95. The summed E-state index contributed by atoms with van der Waals surface area (Å²) in [5.41, 5.74) is 8.43. The second kappa shape index (κ2) is 6.04. The lowest BCUT2D eigenvalue weighted by Crippen LogP contribution is -2.36. The molecule has 0 unspecified atom stereocenters. The zero-order valence-corrected chi connectivity index (χ0v) is 13.2. The van der Waals surface area contributed by atoms with Crippen LogP contribution in [-0.2, 0) is 6.54 Å². The summed E-state index contributed by atoms with van der Waals surface area (Å²) < 4.78 is 11.2. The lowest BCUT2D eigenvalue weighted by atomic mass is 10.2. The van der Waals surface area contributed by atoms with Gasteiger partial charge in [-0.1, -0.05) is 24.3 Å². The van der Waals surface area contributed by atoms with Gasteiger partial charge in [-0.25, -0.2) is 0 Å². The number of rotatable bonds is 4. The number of ether oxygens (including phenoxy) is 1. The molecule has 0 bridgehead atoms. The van der Waals surface area contributed by atoms with Crippen molar-refractivity contribution in [3.8, 4) is 5.75 Å². The van der Waals surface area contributed by atoms with E-state index in [4.69, 9.17) is 20.3 Å². The summed E-state index contributed by atoms with van der Waals surface area (Å²) in [7, 11) is 1.60. The highest BCUT2D eigenvalue weighted by molar-refractivity contribution is 5.94. The number of guanidine groups is 1. The molecule has 3 rings (SSSR count). The van der Waals surface area contributed by atoms with Gasteiger partial charge in [-0.2, -0.15) is 0 Å². The Hall–Kier alpha value is -2.95. The van der Waals surface area contributed by atoms with Crippen LogP contribution in [0.5, 0.6) is 5.75 Å². The van der Waals surface area contributed by atoms with Gasteiger partial charge in [-0.3, -0.25) is 5.41 Å². The van der Waals surface area contributed by atoms with Crippen LogP contribution in [0.15, 0.2) is 52.9 Å². The molecule has 1 aromatic heterocycles. The van der Waals surface area contributed by atoms with Crippen LogP contribution in [-0.4, -0.2) is 13.1 Å². The Labute approximate surface area is 134 Å². The molecule has 1 heterocycles. The molecule has 0 radical (unpaired) electrons. The van der Waals surface area contributed by atoms with E-state index in [1.54, 1.807) is 12.0 Å². The van der Waals surface area contributed by atoms with Crippen molar-refractivity contribution in [3.05, 3.63) is 59.9 Å². The first-order valence-corrected chi connectivity index (χ1v) is 7.32. The average Bonchev–Trinajstić information content (AvgIpc) is 2.95. The summed E-state index contributed by atoms with van der Waals surface area (Å²) in [6, 6.07) is 15.6. The van der Waals surface area contributed by atoms with Crippen LogP contribution in [0.3, 0.4) is 0 Å². The molecule has 3 N–H and O–H groups in total. The highest BCUT2D eigenvalue weighted by Crippen LogP contribution is 2.31. The molecule has 0 fully saturated rings. The standard InChI is InChI=1S/C18H19N3O2/c1-12-7-8-17(22-2)15(9-12)21(18(19)20)11-14-10-13-5-3-4-6-16(13)23-14/h3-10H,11H2,1-2H3,(H3,19,20). The molecule has 0 saturated heterocycles. The Balaban J connectivity index is 1.99. The van der Waals surface area contributed by atoms with Crippen molar-refractivity contribution in [2.75, 3.05) is 12.0 Å². The zero-order chi connectivity index (χ0) is 16.4. The molecule has 3 aromatic rings. The van der Waals surface area contributed by atoms with Gasteiger partial charge in [0.2, 0.25) is 0 Å². The Bertz CT molecular complexity index is 821. The quantitative estimate of drug-likeness (QED) is 0.570. The van der Waals surface area contributed by atoms with E-state index in [2.05, 4.69) is 0 Å². The van der Waals surface area contributed by atoms with E-state index in [1.165, 1.54) is 0 Å². The van der Waals surface area contributed by atoms with Crippen LogP contribution in [0.4, 0.5) is 5.69 Å². The van der Waals surface area contributed by atoms with E-state index in [0.717, 1.165) is 28.0 Å². The first-order valence-electron chi connectivity index (χ1n) is 7.32. The number of para-hydroxylation sites is 1. The second-order valence-electron chi connectivity index (χ2n) is 5.40. The molecule has 5 nitrogen and oxygen atoms in total. The van der Waals surface area contributed by atoms with Crippen molar-refractivity contribution in [1.82, 2.24) is 0 Å². The number of anilines is 1. The van der Waals surface area contributed by atoms with Crippen molar-refractivity contribution < 1.29 is 9.15 Å². The SMILES string of the molecule is COc1ccc(C)cc1N(Cc1cc2ccccc2o1)C(=N)N. The van der Waals surface area contributed by atoms with Gasteiger partial charge in [-0.05, 0) is 36.8 Å². The van der Waals surface area contributed by atoms with E-state index in [1.807, 2.05) is 55.5 Å². The summed E-state index contributed by atoms with van der Waals surface area (Å²) >= 11 is 0. The van der Waals surface area contributed by atoms with Gasteiger partial charge in [0.05, 0.1) is 19.3 Å². The maximum Gasteiger partial charge on any atom is 0.193 e. The number of nitrogens with two attached hydrogens (primary N) is 1. The molecule has 0 atom stereocenters. The maximum atomic E-state index is 7.92. The predicted octanol–water partition coefficient (Wildman–Crippen LogP) is 3.65. The van der Waals surface area contributed by atoms with Crippen molar-refractivity contribution in [3.63, 3.8) is 0 Å². The van der Waals surface area contributed by atoms with E-state index < -0.39 is 0 Å². The van der Waals surface area contributed by atoms with Crippen molar-refractivity contribution >= 4 is 22.6 Å². The van der Waals surface area contributed by atoms with Crippen LogP contribution < -0.4 is 15.4 Å². The predicted molar refractivity (Wildman–Crippen MR) is 92.0 cm³/mol. The summed E-state index contributed by atoms with van der Waals surface area (Å²) in [5.74, 6) is 1.35. The van der Waals surface area contributed by atoms with Crippen molar-refractivity contribution in [2.24, 2.45) is 5.73 Å². The highest BCUT2D eigenvalue weighted by Gasteiger charge is 2.17. The third kappa shape index (κ3) is 2.99. The van der Waals surface area contributed by atoms with Gasteiger partial charge in [0.15, 0.2) is 5.96 Å². The van der Waals surface area contributed by atoms with E-state index in [-0.39, 0.29) is 5.96 Å². The molecule has 0 aliphatic carbocycles. The number of methoxy groups -OCH3 is 1. The van der Waals surface area contributed by atoms with Gasteiger partial charge >= 0.3 is 0 Å². The fraction of sp³-hybridized carbons (Fsp3) is 0.167. The Morgan fingerprint density at radius 1 is 1.22 bits per heavy atom. The van der Waals surface area contributed by atoms with E-state index in [0.29, 0.717) is 12.3 Å². The zero-order valence-electron chi connectivity index (χ0n) is 13.2. The van der Waals surface area contributed by atoms with Crippen LogP contribution in [0.25, 0.3) is 11.0 Å². The highest BCUT2D eigenvalue weighted by atomic mass is 16.5. The molecule has 0 aliphatic heterocycles. The second-order valence-corrected chi connectivity index (χ2v) is 5.40. The van der Waals surface area contributed by atoms with Gasteiger partial charge < -0.3 is 19.8 Å². The third-order valence-corrected chi connectivity index (χ3v) is 3.71. The summed E-state index contributed by atoms with van der Waals surface area (Å²) in [4.78, 5) is 1.67. The number of aryl methyl sites for hydroxylation is 1. The molecular weight excluding hydrogens is 290 g/mol. The Morgan fingerprint density at radius 3 is 2.70 bits per heavy atom. The third-order valence-electron chi connectivity index (χ3n) is 3.71. The molecule has 0 spiro atoms. The smallest absolute Gasteiger partial charge is 0.193 e. The molecule has 2 aromatic carbocycles. The number of hydrogen-bond donors (Lipinski definition) is 2. The first kappa shape index (κ1) is 15.0. The molecule has 0 amide bonds. The van der Waals surface area contributed by atoms with Crippen molar-refractivity contribution in [2.45, 2.75) is 13.5 Å². The van der Waals surface area contributed by atoms with Crippen LogP contribution in [0.1, 0.15) is 11.3 Å². The maximum absolute atomic E-state index is 7.92. The first-order chi connectivity index (χ1) is 11.1. The van der Waals surface area contributed by atoms with Crippen LogP contribution in [0, 0.1) is 12.3 Å². The fourth-order valence-electron chi connectivity index (χ4n) is 2.58. The van der Waals surface area contributed by atoms with Crippen molar-refractivity contribution in [1.29, 1.82) is 5.41 Å². The summed E-state index contributed by atoms with van der Waals surface area (Å²) in [6.45, 7) is 2.35. The number of furan rings is 1. The number of benzene rings is 2. The van der Waals surface area contributed by atoms with E-state index in [9.17, 15) is 0 Å². The lowest BCUT2D eigenvalue weighted by Gasteiger charge is -2.24. The topological polar surface area (TPSA) is 75.5 Å². The molecule has 0 aliphatic rings. The number of hydrogen-bond acceptors (Lipinski definition) is 3. The monoisotopic (exact) mass is 309 g/mol. The van der Waals surface area contributed by atoms with Crippen LogP contribution in [0.2, 0.25) is 0 Å². The molecule has 5 heteroatoms.